The average Bonchev–Trinajstić information content (AvgIpc) is 2.85. The maximum Gasteiger partial charge on any atom is 0.243 e. The molecule has 2 atom stereocenters. The van der Waals surface area contributed by atoms with E-state index >= 15 is 0 Å². The van der Waals surface area contributed by atoms with Gasteiger partial charge in [-0.15, -0.1) is 0 Å². The van der Waals surface area contributed by atoms with Gasteiger partial charge in [0.15, 0.2) is 0 Å². The van der Waals surface area contributed by atoms with Crippen LogP contribution in [0.5, 0.6) is 5.75 Å². The molecular weight excluding hydrogens is 490 g/mol. The number of benzene rings is 2. The standard InChI is InChI=1S/C28H41N3O5S/c1-7-22(4)29-28(33)26(8-2)30(20-23-14-16-25(36-5)17-15-23)27(32)13-10-18-31(37(6,34)35)24-12-9-11-21(3)19-24/h9,11-12,14-17,19,22,26H,7-8,10,13,18,20H2,1-6H3,(H,29,33)/t22-,26+/m1/s1. The van der Waals surface area contributed by atoms with E-state index in [0.717, 1.165) is 17.5 Å². The lowest BCUT2D eigenvalue weighted by Gasteiger charge is -2.32. The third-order valence-electron chi connectivity index (χ3n) is 6.34. The first-order valence-corrected chi connectivity index (χ1v) is 14.6. The Bertz CT molecular complexity index is 1130. The molecule has 0 aliphatic heterocycles. The molecule has 0 heterocycles. The number of ether oxygens (including phenoxy) is 1. The van der Waals surface area contributed by atoms with Gasteiger partial charge in [0.2, 0.25) is 21.8 Å². The molecule has 204 valence electrons. The molecule has 8 nitrogen and oxygen atoms in total. The van der Waals surface area contributed by atoms with E-state index in [0.29, 0.717) is 24.3 Å². The highest BCUT2D eigenvalue weighted by atomic mass is 32.2. The molecule has 0 radical (unpaired) electrons. The highest BCUT2D eigenvalue weighted by Gasteiger charge is 2.29. The Hall–Kier alpha value is -3.07. The number of hydrogen-bond donors (Lipinski definition) is 1. The van der Waals surface area contributed by atoms with Crippen LogP contribution < -0.4 is 14.4 Å². The van der Waals surface area contributed by atoms with Crippen molar-refractivity contribution in [3.05, 3.63) is 59.7 Å². The zero-order valence-corrected chi connectivity index (χ0v) is 23.7. The van der Waals surface area contributed by atoms with Crippen LogP contribution in [0.25, 0.3) is 0 Å². The first kappa shape index (κ1) is 30.2. The highest BCUT2D eigenvalue weighted by Crippen LogP contribution is 2.21. The van der Waals surface area contributed by atoms with E-state index in [-0.39, 0.29) is 37.4 Å². The number of rotatable bonds is 14. The van der Waals surface area contributed by atoms with Crippen molar-refractivity contribution in [2.75, 3.05) is 24.2 Å². The highest BCUT2D eigenvalue weighted by molar-refractivity contribution is 7.92. The topological polar surface area (TPSA) is 96.0 Å². The van der Waals surface area contributed by atoms with Crippen LogP contribution in [0.15, 0.2) is 48.5 Å². The average molecular weight is 532 g/mol. The minimum atomic E-state index is -3.53. The van der Waals surface area contributed by atoms with E-state index in [4.69, 9.17) is 4.74 Å². The van der Waals surface area contributed by atoms with Crippen molar-refractivity contribution >= 4 is 27.5 Å². The summed E-state index contributed by atoms with van der Waals surface area (Å²) in [6.07, 6.45) is 2.85. The molecular formula is C28H41N3O5S. The van der Waals surface area contributed by atoms with Gasteiger partial charge in [-0.25, -0.2) is 8.42 Å². The number of nitrogens with zero attached hydrogens (tertiary/aromatic N) is 2. The maximum absolute atomic E-state index is 13.5. The van der Waals surface area contributed by atoms with E-state index in [1.54, 1.807) is 18.1 Å². The lowest BCUT2D eigenvalue weighted by molar-refractivity contribution is -0.141. The molecule has 9 heteroatoms. The third-order valence-corrected chi connectivity index (χ3v) is 7.53. The molecule has 0 bridgehead atoms. The maximum atomic E-state index is 13.5. The minimum absolute atomic E-state index is 0.00265. The Labute approximate surface area is 222 Å². The number of sulfonamides is 1. The van der Waals surface area contributed by atoms with Gasteiger partial charge in [-0.1, -0.05) is 38.1 Å². The fraction of sp³-hybridized carbons (Fsp3) is 0.500. The summed E-state index contributed by atoms with van der Waals surface area (Å²) < 4.78 is 31.5. The van der Waals surface area contributed by atoms with Crippen molar-refractivity contribution in [1.82, 2.24) is 10.2 Å². The smallest absolute Gasteiger partial charge is 0.243 e. The van der Waals surface area contributed by atoms with E-state index < -0.39 is 16.1 Å². The molecule has 2 rings (SSSR count). The van der Waals surface area contributed by atoms with Crippen LogP contribution in [0.3, 0.4) is 0 Å². The number of methoxy groups -OCH3 is 1. The van der Waals surface area contributed by atoms with E-state index in [2.05, 4.69) is 5.32 Å². The Kier molecular flexibility index (Phi) is 11.4. The van der Waals surface area contributed by atoms with Gasteiger partial charge < -0.3 is 15.0 Å². The summed E-state index contributed by atoms with van der Waals surface area (Å²) in [6.45, 7) is 8.15. The molecule has 0 unspecified atom stereocenters. The molecule has 2 aromatic carbocycles. The predicted molar refractivity (Wildman–Crippen MR) is 148 cm³/mol. The summed E-state index contributed by atoms with van der Waals surface area (Å²) in [5.41, 5.74) is 2.40. The van der Waals surface area contributed by atoms with Crippen LogP contribution in [0.2, 0.25) is 0 Å². The molecule has 0 saturated heterocycles. The van der Waals surface area contributed by atoms with Crippen LogP contribution in [0, 0.1) is 6.92 Å². The van der Waals surface area contributed by atoms with Crippen molar-refractivity contribution in [3.8, 4) is 5.75 Å². The lowest BCUT2D eigenvalue weighted by atomic mass is 10.1. The molecule has 37 heavy (non-hydrogen) atoms. The fourth-order valence-corrected chi connectivity index (χ4v) is 5.03. The Morgan fingerprint density at radius 1 is 1.05 bits per heavy atom. The van der Waals surface area contributed by atoms with Gasteiger partial charge in [0.1, 0.15) is 11.8 Å². The number of amides is 2. The van der Waals surface area contributed by atoms with Crippen LogP contribution in [-0.2, 0) is 26.2 Å². The first-order chi connectivity index (χ1) is 17.5. The second-order valence-electron chi connectivity index (χ2n) is 9.39. The zero-order valence-electron chi connectivity index (χ0n) is 22.9. The SMILES string of the molecule is CC[C@@H](C)NC(=O)[C@H](CC)N(Cc1ccc(OC)cc1)C(=O)CCCN(c1cccc(C)c1)S(C)(=O)=O. The summed E-state index contributed by atoms with van der Waals surface area (Å²) in [5.74, 6) is 0.330. The lowest BCUT2D eigenvalue weighted by Crippen LogP contribution is -2.50. The molecule has 2 aromatic rings. The number of hydrogen-bond acceptors (Lipinski definition) is 5. The second-order valence-corrected chi connectivity index (χ2v) is 11.3. The Morgan fingerprint density at radius 3 is 2.27 bits per heavy atom. The molecule has 1 N–H and O–H groups in total. The van der Waals surface area contributed by atoms with Gasteiger partial charge in [0.05, 0.1) is 19.1 Å². The molecule has 0 saturated carbocycles. The third kappa shape index (κ3) is 9.07. The van der Waals surface area contributed by atoms with Gasteiger partial charge in [0, 0.05) is 25.6 Å². The summed E-state index contributed by atoms with van der Waals surface area (Å²) in [7, 11) is -1.94. The largest absolute Gasteiger partial charge is 0.497 e. The molecule has 2 amide bonds. The summed E-state index contributed by atoms with van der Waals surface area (Å²) in [6, 6.07) is 14.0. The molecule has 0 aliphatic carbocycles. The molecule has 0 spiro atoms. The minimum Gasteiger partial charge on any atom is -0.497 e. The van der Waals surface area contributed by atoms with E-state index in [9.17, 15) is 18.0 Å². The fourth-order valence-electron chi connectivity index (χ4n) is 4.08. The van der Waals surface area contributed by atoms with Crippen LogP contribution >= 0.6 is 0 Å². The van der Waals surface area contributed by atoms with Gasteiger partial charge in [0.25, 0.3) is 0 Å². The summed E-state index contributed by atoms with van der Waals surface area (Å²) >= 11 is 0. The Morgan fingerprint density at radius 2 is 1.73 bits per heavy atom. The van der Waals surface area contributed by atoms with Crippen molar-refractivity contribution in [1.29, 1.82) is 0 Å². The van der Waals surface area contributed by atoms with Gasteiger partial charge in [-0.05, 0) is 68.5 Å². The van der Waals surface area contributed by atoms with E-state index in [1.807, 2.05) is 70.2 Å². The summed E-state index contributed by atoms with van der Waals surface area (Å²) in [4.78, 5) is 28.2. The van der Waals surface area contributed by atoms with Gasteiger partial charge in [-0.3, -0.25) is 13.9 Å². The molecule has 0 aliphatic rings. The monoisotopic (exact) mass is 531 g/mol. The van der Waals surface area contributed by atoms with Crippen molar-refractivity contribution in [2.24, 2.45) is 0 Å². The first-order valence-electron chi connectivity index (χ1n) is 12.8. The van der Waals surface area contributed by atoms with E-state index in [1.165, 1.54) is 10.6 Å². The predicted octanol–water partition coefficient (Wildman–Crippen LogP) is 4.27. The number of nitrogens with one attached hydrogen (secondary N) is 1. The van der Waals surface area contributed by atoms with Gasteiger partial charge >= 0.3 is 0 Å². The number of anilines is 1. The number of carbonyl (C=O) groups is 2. The normalized spacial score (nSPS) is 12.9. The van der Waals surface area contributed by atoms with Crippen molar-refractivity contribution in [2.45, 2.75) is 72.0 Å². The molecule has 0 fully saturated rings. The zero-order chi connectivity index (χ0) is 27.6. The quantitative estimate of drug-likeness (QED) is 0.393. The van der Waals surface area contributed by atoms with Crippen LogP contribution in [0.4, 0.5) is 5.69 Å². The number of carbonyl (C=O) groups excluding carboxylic acids is 2. The van der Waals surface area contributed by atoms with Crippen LogP contribution in [0.1, 0.15) is 57.6 Å². The Balaban J connectivity index is 2.23. The van der Waals surface area contributed by atoms with Crippen molar-refractivity contribution < 1.29 is 22.7 Å². The van der Waals surface area contributed by atoms with Crippen molar-refractivity contribution in [3.63, 3.8) is 0 Å². The summed E-state index contributed by atoms with van der Waals surface area (Å²) in [5, 5.41) is 3.00. The van der Waals surface area contributed by atoms with Gasteiger partial charge in [-0.2, -0.15) is 0 Å². The molecule has 0 aromatic heterocycles. The second kappa shape index (κ2) is 14.0. The van der Waals surface area contributed by atoms with Crippen LogP contribution in [-0.4, -0.2) is 57.1 Å². The number of aryl methyl sites for hydroxylation is 1.